The predicted molar refractivity (Wildman–Crippen MR) is 108 cm³/mol. The van der Waals surface area contributed by atoms with E-state index in [0.717, 1.165) is 22.2 Å². The maximum atomic E-state index is 12.4. The van der Waals surface area contributed by atoms with Crippen LogP contribution >= 0.6 is 23.2 Å². The highest BCUT2D eigenvalue weighted by Gasteiger charge is 2.21. The number of rotatable bonds is 4. The Balaban J connectivity index is 1.72. The van der Waals surface area contributed by atoms with Crippen molar-refractivity contribution in [2.45, 2.75) is 26.9 Å². The van der Waals surface area contributed by atoms with Gasteiger partial charge in [0.15, 0.2) is 6.10 Å². The zero-order chi connectivity index (χ0) is 19.7. The van der Waals surface area contributed by atoms with Crippen molar-refractivity contribution in [2.75, 3.05) is 5.32 Å². The number of hydrogen-bond donors (Lipinski definition) is 2. The fourth-order valence-electron chi connectivity index (χ4n) is 2.71. The Morgan fingerprint density at radius 1 is 1.15 bits per heavy atom. The van der Waals surface area contributed by atoms with E-state index in [2.05, 4.69) is 10.3 Å². The van der Waals surface area contributed by atoms with Crippen LogP contribution in [0, 0.1) is 13.8 Å². The van der Waals surface area contributed by atoms with Crippen LogP contribution in [-0.2, 0) is 9.53 Å². The number of nitrogens with one attached hydrogen (secondary N) is 2. The van der Waals surface area contributed by atoms with Crippen LogP contribution in [0.5, 0.6) is 0 Å². The Hall–Kier alpha value is -2.50. The van der Waals surface area contributed by atoms with Gasteiger partial charge in [0, 0.05) is 16.6 Å². The first-order chi connectivity index (χ1) is 12.8. The summed E-state index contributed by atoms with van der Waals surface area (Å²) < 4.78 is 5.30. The highest BCUT2D eigenvalue weighted by Crippen LogP contribution is 2.29. The van der Waals surface area contributed by atoms with E-state index in [0.29, 0.717) is 16.3 Å². The topological polar surface area (TPSA) is 71.2 Å². The summed E-state index contributed by atoms with van der Waals surface area (Å²) in [6.45, 7) is 5.45. The Labute approximate surface area is 166 Å². The van der Waals surface area contributed by atoms with Crippen molar-refractivity contribution in [1.29, 1.82) is 0 Å². The third-order valence-corrected chi connectivity index (χ3v) is 5.23. The summed E-state index contributed by atoms with van der Waals surface area (Å²) in [4.78, 5) is 28.0. The maximum absolute atomic E-state index is 12.4. The molecule has 5 nitrogen and oxygen atoms in total. The van der Waals surface area contributed by atoms with E-state index in [9.17, 15) is 9.59 Å². The number of fused-ring (bicyclic) bond motifs is 1. The third-order valence-electron chi connectivity index (χ3n) is 4.41. The van der Waals surface area contributed by atoms with Crippen molar-refractivity contribution in [1.82, 2.24) is 4.98 Å². The molecule has 0 aliphatic rings. The number of aryl methyl sites for hydroxylation is 2. The van der Waals surface area contributed by atoms with E-state index >= 15 is 0 Å². The van der Waals surface area contributed by atoms with Gasteiger partial charge in [-0.05, 0) is 56.7 Å². The third kappa shape index (κ3) is 3.94. The fraction of sp³-hybridized carbons (Fsp3) is 0.200. The number of ether oxygens (including phenoxy) is 1. The molecule has 3 rings (SSSR count). The zero-order valence-corrected chi connectivity index (χ0v) is 16.5. The second kappa shape index (κ2) is 7.62. The molecule has 2 aromatic carbocycles. The molecule has 0 aliphatic carbocycles. The van der Waals surface area contributed by atoms with Gasteiger partial charge in [-0.2, -0.15) is 0 Å². The minimum absolute atomic E-state index is 0.231. The summed E-state index contributed by atoms with van der Waals surface area (Å²) in [5, 5.41) is 4.12. The second-order valence-corrected chi connectivity index (χ2v) is 7.06. The molecule has 0 aliphatic heterocycles. The Morgan fingerprint density at radius 2 is 1.89 bits per heavy atom. The molecule has 1 unspecified atom stereocenters. The molecule has 1 atom stereocenters. The lowest BCUT2D eigenvalue weighted by Crippen LogP contribution is -2.30. The van der Waals surface area contributed by atoms with E-state index in [1.807, 2.05) is 19.9 Å². The number of H-pyrrole nitrogens is 1. The van der Waals surface area contributed by atoms with E-state index in [4.69, 9.17) is 27.9 Å². The molecule has 3 aromatic rings. The standard InChI is InChI=1S/C20H18Cl2N2O3/c1-10-11(2)23-16-8-7-13(9-14(10)16)20(26)27-12(3)19(25)24-17-6-4-5-15(21)18(17)22/h4-9,12,23H,1-3H3,(H,24,25). The first-order valence-corrected chi connectivity index (χ1v) is 9.08. The van der Waals surface area contributed by atoms with Gasteiger partial charge in [-0.3, -0.25) is 4.79 Å². The summed E-state index contributed by atoms with van der Waals surface area (Å²) in [5.74, 6) is -1.07. The molecule has 0 saturated heterocycles. The van der Waals surface area contributed by atoms with Crippen molar-refractivity contribution in [3.05, 3.63) is 63.3 Å². The van der Waals surface area contributed by atoms with E-state index in [-0.39, 0.29) is 5.02 Å². The van der Waals surface area contributed by atoms with Gasteiger partial charge in [0.25, 0.3) is 5.91 Å². The van der Waals surface area contributed by atoms with Gasteiger partial charge in [0.2, 0.25) is 0 Å². The molecule has 0 radical (unpaired) electrons. The average Bonchev–Trinajstić information content (AvgIpc) is 2.92. The molecule has 1 heterocycles. The van der Waals surface area contributed by atoms with Crippen LogP contribution in [0.15, 0.2) is 36.4 Å². The number of aromatic amines is 1. The highest BCUT2D eigenvalue weighted by molar-refractivity contribution is 6.44. The number of esters is 1. The van der Waals surface area contributed by atoms with Crippen LogP contribution in [-0.4, -0.2) is 23.0 Å². The summed E-state index contributed by atoms with van der Waals surface area (Å²) in [6, 6.07) is 10.1. The maximum Gasteiger partial charge on any atom is 0.338 e. The lowest BCUT2D eigenvalue weighted by Gasteiger charge is -2.14. The number of anilines is 1. The number of hydrogen-bond acceptors (Lipinski definition) is 3. The quantitative estimate of drug-likeness (QED) is 0.581. The smallest absolute Gasteiger partial charge is 0.338 e. The first-order valence-electron chi connectivity index (χ1n) is 8.32. The van der Waals surface area contributed by atoms with Gasteiger partial charge in [-0.25, -0.2) is 4.79 Å². The highest BCUT2D eigenvalue weighted by atomic mass is 35.5. The Kier molecular flexibility index (Phi) is 5.44. The number of halogens is 2. The van der Waals surface area contributed by atoms with Gasteiger partial charge >= 0.3 is 5.97 Å². The summed E-state index contributed by atoms with van der Waals surface area (Å²) in [5.41, 5.74) is 3.80. The van der Waals surface area contributed by atoms with Crippen LogP contribution < -0.4 is 5.32 Å². The molecule has 2 N–H and O–H groups in total. The monoisotopic (exact) mass is 404 g/mol. The molecular weight excluding hydrogens is 387 g/mol. The lowest BCUT2D eigenvalue weighted by molar-refractivity contribution is -0.123. The van der Waals surface area contributed by atoms with Crippen LogP contribution in [0.2, 0.25) is 10.0 Å². The van der Waals surface area contributed by atoms with Crippen molar-refractivity contribution in [3.63, 3.8) is 0 Å². The molecule has 140 valence electrons. The van der Waals surface area contributed by atoms with Crippen LogP contribution in [0.1, 0.15) is 28.5 Å². The molecule has 1 aromatic heterocycles. The van der Waals surface area contributed by atoms with E-state index < -0.39 is 18.0 Å². The molecule has 1 amide bonds. The lowest BCUT2D eigenvalue weighted by atomic mass is 10.1. The summed E-state index contributed by atoms with van der Waals surface area (Å²) in [6.07, 6.45) is -1.00. The van der Waals surface area contributed by atoms with Gasteiger partial charge in [-0.1, -0.05) is 29.3 Å². The number of amides is 1. The van der Waals surface area contributed by atoms with Gasteiger partial charge in [-0.15, -0.1) is 0 Å². The average molecular weight is 405 g/mol. The number of benzene rings is 2. The molecule has 0 bridgehead atoms. The predicted octanol–water partition coefficient (Wildman–Crippen LogP) is 5.28. The van der Waals surface area contributed by atoms with Crippen LogP contribution in [0.25, 0.3) is 10.9 Å². The molecule has 7 heteroatoms. The molecule has 0 fully saturated rings. The van der Waals surface area contributed by atoms with Crippen molar-refractivity contribution in [3.8, 4) is 0 Å². The minimum Gasteiger partial charge on any atom is -0.449 e. The minimum atomic E-state index is -1.00. The fourth-order valence-corrected chi connectivity index (χ4v) is 3.05. The zero-order valence-electron chi connectivity index (χ0n) is 15.0. The van der Waals surface area contributed by atoms with Crippen molar-refractivity contribution < 1.29 is 14.3 Å². The number of aromatic nitrogens is 1. The largest absolute Gasteiger partial charge is 0.449 e. The SMILES string of the molecule is Cc1[nH]c2ccc(C(=O)OC(C)C(=O)Nc3cccc(Cl)c3Cl)cc2c1C. The summed E-state index contributed by atoms with van der Waals surface area (Å²) in [7, 11) is 0. The van der Waals surface area contributed by atoms with E-state index in [1.54, 1.807) is 30.3 Å². The Morgan fingerprint density at radius 3 is 2.63 bits per heavy atom. The van der Waals surface area contributed by atoms with Gasteiger partial charge in [0.05, 0.1) is 21.3 Å². The van der Waals surface area contributed by atoms with Gasteiger partial charge in [0.1, 0.15) is 0 Å². The summed E-state index contributed by atoms with van der Waals surface area (Å²) >= 11 is 12.0. The number of carbonyl (C=O) groups is 2. The second-order valence-electron chi connectivity index (χ2n) is 6.27. The Bertz CT molecular complexity index is 1040. The van der Waals surface area contributed by atoms with Crippen LogP contribution in [0.3, 0.4) is 0 Å². The van der Waals surface area contributed by atoms with Crippen molar-refractivity contribution in [2.24, 2.45) is 0 Å². The molecule has 0 spiro atoms. The first kappa shape index (κ1) is 19.3. The van der Waals surface area contributed by atoms with E-state index in [1.165, 1.54) is 6.92 Å². The van der Waals surface area contributed by atoms with Crippen LogP contribution in [0.4, 0.5) is 5.69 Å². The normalized spacial score (nSPS) is 12.0. The van der Waals surface area contributed by atoms with Gasteiger partial charge < -0.3 is 15.0 Å². The van der Waals surface area contributed by atoms with Crippen molar-refractivity contribution >= 4 is 51.7 Å². The molecule has 0 saturated carbocycles. The molecular formula is C20H18Cl2N2O3. The molecule has 27 heavy (non-hydrogen) atoms. The number of carbonyl (C=O) groups excluding carboxylic acids is 2.